The molecule has 0 spiro atoms. The van der Waals surface area contributed by atoms with Crippen LogP contribution >= 0.6 is 0 Å². The van der Waals surface area contributed by atoms with E-state index in [-0.39, 0.29) is 23.9 Å². The smallest absolute Gasteiger partial charge is 0.237 e. The lowest BCUT2D eigenvalue weighted by Gasteiger charge is -2.45. The SMILES string of the molecule is Cc1c(-c2[nH]c3ccc(N4C[C@H](C)N(C(=O)CN(C)C)[C@@H](C)C4)nc3c2C(C)C)cn2ncnc2c1C. The van der Waals surface area contributed by atoms with Crippen molar-refractivity contribution in [2.45, 2.75) is 59.5 Å². The molecule has 0 radical (unpaired) electrons. The van der Waals surface area contributed by atoms with E-state index in [0.29, 0.717) is 6.54 Å². The minimum absolute atomic E-state index is 0.111. The van der Waals surface area contributed by atoms with Crippen molar-refractivity contribution in [1.82, 2.24) is 34.4 Å². The number of nitrogens with zero attached hydrogens (tertiary/aromatic N) is 7. The Bertz CT molecular complexity index is 1450. The summed E-state index contributed by atoms with van der Waals surface area (Å²) < 4.78 is 1.85. The Hall–Kier alpha value is -3.46. The van der Waals surface area contributed by atoms with Crippen LogP contribution in [0, 0.1) is 13.8 Å². The van der Waals surface area contributed by atoms with Crippen molar-refractivity contribution in [3.63, 3.8) is 0 Å². The molecule has 9 nitrogen and oxygen atoms in total. The van der Waals surface area contributed by atoms with E-state index >= 15 is 0 Å². The van der Waals surface area contributed by atoms with Crippen molar-refractivity contribution < 1.29 is 4.79 Å². The number of fused-ring (bicyclic) bond motifs is 2. The van der Waals surface area contributed by atoms with Gasteiger partial charge >= 0.3 is 0 Å². The first-order valence-corrected chi connectivity index (χ1v) is 13.1. The van der Waals surface area contributed by atoms with Crippen molar-refractivity contribution >= 4 is 28.4 Å². The third-order valence-electron chi connectivity index (χ3n) is 7.62. The quantitative estimate of drug-likeness (QED) is 0.444. The molecule has 0 saturated carbocycles. The summed E-state index contributed by atoms with van der Waals surface area (Å²) in [5, 5.41) is 4.40. The van der Waals surface area contributed by atoms with Crippen LogP contribution in [0.3, 0.4) is 0 Å². The first kappa shape index (κ1) is 25.2. The van der Waals surface area contributed by atoms with Crippen molar-refractivity contribution in [3.8, 4) is 11.3 Å². The van der Waals surface area contributed by atoms with E-state index in [0.717, 1.165) is 52.4 Å². The van der Waals surface area contributed by atoms with Crippen LogP contribution in [0.5, 0.6) is 0 Å². The first-order chi connectivity index (χ1) is 17.6. The van der Waals surface area contributed by atoms with Crippen LogP contribution in [0.15, 0.2) is 24.7 Å². The number of nitrogens with one attached hydrogen (secondary N) is 1. The number of H-pyrrole nitrogens is 1. The summed E-state index contributed by atoms with van der Waals surface area (Å²) in [6.07, 6.45) is 3.67. The summed E-state index contributed by atoms with van der Waals surface area (Å²) in [5.74, 6) is 1.41. The molecule has 1 amide bonds. The number of amides is 1. The molecule has 5 heterocycles. The lowest BCUT2D eigenvalue weighted by atomic mass is 9.95. The Morgan fingerprint density at radius 3 is 2.49 bits per heavy atom. The normalized spacial score (nSPS) is 18.6. The molecule has 5 rings (SSSR count). The molecule has 0 unspecified atom stereocenters. The number of aromatic amines is 1. The second-order valence-electron chi connectivity index (χ2n) is 11.1. The lowest BCUT2D eigenvalue weighted by Crippen LogP contribution is -2.60. The molecular formula is C28H38N8O. The number of aromatic nitrogens is 5. The predicted molar refractivity (Wildman–Crippen MR) is 148 cm³/mol. The standard InChI is InChI=1S/C28H38N8O/c1-16(2)25-26(21-13-35-28(29-15-30-35)20(6)19(21)5)31-22-9-10-23(32-27(22)25)34-11-17(3)36(18(4)12-34)24(37)14-33(7)8/h9-10,13,15-18,31H,11-12,14H2,1-8H3/t17-,18-/m0/s1. The molecule has 4 aromatic rings. The van der Waals surface area contributed by atoms with Crippen LogP contribution in [-0.4, -0.2) is 86.1 Å². The van der Waals surface area contributed by atoms with E-state index in [2.05, 4.69) is 79.8 Å². The van der Waals surface area contributed by atoms with Gasteiger partial charge in [-0.2, -0.15) is 5.10 Å². The van der Waals surface area contributed by atoms with Gasteiger partial charge in [0.1, 0.15) is 12.1 Å². The van der Waals surface area contributed by atoms with E-state index in [1.165, 1.54) is 11.1 Å². The highest BCUT2D eigenvalue weighted by molar-refractivity contribution is 5.90. The highest BCUT2D eigenvalue weighted by Crippen LogP contribution is 2.38. The Morgan fingerprint density at radius 1 is 1.14 bits per heavy atom. The van der Waals surface area contributed by atoms with Crippen LogP contribution in [0.1, 0.15) is 50.3 Å². The van der Waals surface area contributed by atoms with Crippen molar-refractivity contribution in [3.05, 3.63) is 41.3 Å². The first-order valence-electron chi connectivity index (χ1n) is 13.1. The topological polar surface area (TPSA) is 85.7 Å². The van der Waals surface area contributed by atoms with E-state index in [1.807, 2.05) is 28.4 Å². The van der Waals surface area contributed by atoms with Gasteiger partial charge in [-0.3, -0.25) is 4.79 Å². The van der Waals surface area contributed by atoms with Crippen molar-refractivity contribution in [1.29, 1.82) is 0 Å². The van der Waals surface area contributed by atoms with Gasteiger partial charge in [0.15, 0.2) is 5.65 Å². The van der Waals surface area contributed by atoms with E-state index in [1.54, 1.807) is 6.33 Å². The average Bonchev–Trinajstić information content (AvgIpc) is 3.44. The van der Waals surface area contributed by atoms with Crippen LogP contribution in [-0.2, 0) is 4.79 Å². The molecule has 1 N–H and O–H groups in total. The van der Waals surface area contributed by atoms with Gasteiger partial charge in [-0.05, 0) is 71.0 Å². The molecule has 9 heteroatoms. The van der Waals surface area contributed by atoms with Crippen LogP contribution in [0.4, 0.5) is 5.82 Å². The van der Waals surface area contributed by atoms with E-state index < -0.39 is 0 Å². The molecule has 1 aliphatic heterocycles. The summed E-state index contributed by atoms with van der Waals surface area (Å²) in [5.41, 5.74) is 8.65. The summed E-state index contributed by atoms with van der Waals surface area (Å²) >= 11 is 0. The van der Waals surface area contributed by atoms with Gasteiger partial charge in [-0.1, -0.05) is 13.8 Å². The molecule has 2 atom stereocenters. The zero-order valence-corrected chi connectivity index (χ0v) is 23.2. The van der Waals surface area contributed by atoms with E-state index in [4.69, 9.17) is 4.98 Å². The fraction of sp³-hybridized carbons (Fsp3) is 0.500. The number of carbonyl (C=O) groups is 1. The minimum Gasteiger partial charge on any atom is -0.353 e. The summed E-state index contributed by atoms with van der Waals surface area (Å²) in [7, 11) is 3.87. The van der Waals surface area contributed by atoms with Crippen LogP contribution in [0.25, 0.3) is 27.9 Å². The van der Waals surface area contributed by atoms with Crippen LogP contribution in [0.2, 0.25) is 0 Å². The summed E-state index contributed by atoms with van der Waals surface area (Å²) in [4.78, 5) is 32.4. The summed E-state index contributed by atoms with van der Waals surface area (Å²) in [6, 6.07) is 4.46. The second-order valence-corrected chi connectivity index (χ2v) is 11.1. The van der Waals surface area contributed by atoms with Crippen LogP contribution < -0.4 is 4.90 Å². The molecule has 0 aromatic carbocycles. The number of piperazine rings is 1. The van der Waals surface area contributed by atoms with Crippen molar-refractivity contribution in [2.75, 3.05) is 38.6 Å². The highest BCUT2D eigenvalue weighted by Gasteiger charge is 2.33. The number of rotatable bonds is 5. The van der Waals surface area contributed by atoms with Crippen molar-refractivity contribution in [2.24, 2.45) is 0 Å². The average molecular weight is 503 g/mol. The minimum atomic E-state index is 0.111. The van der Waals surface area contributed by atoms with Gasteiger partial charge in [-0.15, -0.1) is 0 Å². The number of likely N-dealkylation sites (N-methyl/N-ethyl adjacent to an activating group) is 1. The number of anilines is 1. The lowest BCUT2D eigenvalue weighted by molar-refractivity contribution is -0.136. The highest BCUT2D eigenvalue weighted by atomic mass is 16.2. The van der Waals surface area contributed by atoms with Gasteiger partial charge in [0, 0.05) is 42.5 Å². The molecule has 4 aromatic heterocycles. The Balaban J connectivity index is 1.53. The fourth-order valence-corrected chi connectivity index (χ4v) is 5.83. The van der Waals surface area contributed by atoms with Gasteiger partial charge in [0.05, 0.1) is 23.3 Å². The second kappa shape index (κ2) is 9.45. The Kier molecular flexibility index (Phi) is 6.43. The zero-order valence-electron chi connectivity index (χ0n) is 23.2. The molecular weight excluding hydrogens is 464 g/mol. The number of pyridine rings is 2. The summed E-state index contributed by atoms with van der Waals surface area (Å²) in [6.45, 7) is 14.9. The number of hydrogen-bond donors (Lipinski definition) is 1. The Labute approximate surface area is 218 Å². The molecule has 1 fully saturated rings. The molecule has 0 aliphatic carbocycles. The predicted octanol–water partition coefficient (Wildman–Crippen LogP) is 4.00. The maximum atomic E-state index is 12.9. The molecule has 0 bridgehead atoms. The third kappa shape index (κ3) is 4.35. The van der Waals surface area contributed by atoms with Gasteiger partial charge in [0.2, 0.25) is 5.91 Å². The maximum absolute atomic E-state index is 12.9. The number of carbonyl (C=O) groups excluding carboxylic acids is 1. The zero-order chi connectivity index (χ0) is 26.6. The molecule has 1 aliphatic rings. The largest absolute Gasteiger partial charge is 0.353 e. The van der Waals surface area contributed by atoms with Gasteiger partial charge in [0.25, 0.3) is 0 Å². The molecule has 1 saturated heterocycles. The van der Waals surface area contributed by atoms with Gasteiger partial charge in [-0.25, -0.2) is 14.5 Å². The molecule has 37 heavy (non-hydrogen) atoms. The third-order valence-corrected chi connectivity index (χ3v) is 7.62. The van der Waals surface area contributed by atoms with E-state index in [9.17, 15) is 4.79 Å². The monoisotopic (exact) mass is 502 g/mol. The van der Waals surface area contributed by atoms with Gasteiger partial charge < -0.3 is 19.7 Å². The molecule has 196 valence electrons. The number of aryl methyl sites for hydroxylation is 1. The fourth-order valence-electron chi connectivity index (χ4n) is 5.83. The number of hydrogen-bond acceptors (Lipinski definition) is 6. The Morgan fingerprint density at radius 2 is 1.84 bits per heavy atom. The maximum Gasteiger partial charge on any atom is 0.237 e.